The average molecular weight is 451 g/mol. The predicted molar refractivity (Wildman–Crippen MR) is 148 cm³/mol. The highest BCUT2D eigenvalue weighted by molar-refractivity contribution is 5.69. The van der Waals surface area contributed by atoms with Crippen molar-refractivity contribution in [3.8, 4) is 0 Å². The first-order valence-corrected chi connectivity index (χ1v) is 12.3. The third kappa shape index (κ3) is 5.67. The van der Waals surface area contributed by atoms with E-state index in [1.54, 1.807) is 0 Å². The van der Waals surface area contributed by atoms with Gasteiger partial charge in [0, 0.05) is 11.8 Å². The van der Waals surface area contributed by atoms with E-state index in [9.17, 15) is 0 Å². The summed E-state index contributed by atoms with van der Waals surface area (Å²) in [6, 6.07) is 54.4. The fraction of sp³-hybridized carbons (Fsp3) is 0.0857. The topological polar surface area (TPSA) is 0 Å². The summed E-state index contributed by atoms with van der Waals surface area (Å²) >= 11 is 0. The van der Waals surface area contributed by atoms with E-state index >= 15 is 0 Å². The van der Waals surface area contributed by atoms with Crippen molar-refractivity contribution in [3.05, 3.63) is 186 Å². The predicted octanol–water partition coefficient (Wildman–Crippen LogP) is 9.12. The van der Waals surface area contributed by atoms with Crippen molar-refractivity contribution in [3.63, 3.8) is 0 Å². The Hall–Kier alpha value is -4.16. The summed E-state index contributed by atoms with van der Waals surface area (Å²) in [7, 11) is 0. The number of benzene rings is 5. The summed E-state index contributed by atoms with van der Waals surface area (Å²) in [6.07, 6.45) is 3.41. The van der Waals surface area contributed by atoms with Gasteiger partial charge in [-0.25, -0.2) is 0 Å². The molecule has 5 rings (SSSR count). The molecule has 0 aliphatic carbocycles. The van der Waals surface area contributed by atoms with Crippen molar-refractivity contribution in [1.82, 2.24) is 0 Å². The summed E-state index contributed by atoms with van der Waals surface area (Å²) < 4.78 is 0. The molecule has 0 aliphatic heterocycles. The van der Waals surface area contributed by atoms with E-state index in [2.05, 4.69) is 158 Å². The molecule has 0 fully saturated rings. The highest BCUT2D eigenvalue weighted by Crippen LogP contribution is 2.37. The zero-order chi connectivity index (χ0) is 23.7. The van der Waals surface area contributed by atoms with Crippen molar-refractivity contribution in [1.29, 1.82) is 0 Å². The molecule has 0 N–H and O–H groups in total. The standard InChI is InChI=1S/C35H30/c1-6-16-28(17-7-1)33(26-34(29-18-8-2-9-19-29)30-20-10-3-11-21-30)27-35(31-22-12-4-13-23-31)32-24-14-5-15-25-32/h1-26,34-35H,27H2/b33-26+. The lowest BCUT2D eigenvalue weighted by atomic mass is 9.81. The molecular formula is C35H30. The first-order chi connectivity index (χ1) is 17.4. The van der Waals surface area contributed by atoms with Crippen LogP contribution in [0, 0.1) is 0 Å². The van der Waals surface area contributed by atoms with Gasteiger partial charge in [-0.05, 0) is 39.8 Å². The van der Waals surface area contributed by atoms with Crippen LogP contribution in [-0.4, -0.2) is 0 Å². The quantitative estimate of drug-likeness (QED) is 0.221. The van der Waals surface area contributed by atoms with Crippen LogP contribution in [0.3, 0.4) is 0 Å². The van der Waals surface area contributed by atoms with E-state index in [-0.39, 0.29) is 11.8 Å². The Balaban J connectivity index is 1.64. The summed E-state index contributed by atoms with van der Waals surface area (Å²) in [5, 5.41) is 0. The maximum atomic E-state index is 2.48. The fourth-order valence-electron chi connectivity index (χ4n) is 4.86. The van der Waals surface area contributed by atoms with Crippen LogP contribution in [0.5, 0.6) is 0 Å². The largest absolute Gasteiger partial charge is 0.0688 e. The Labute approximate surface area is 209 Å². The highest BCUT2D eigenvalue weighted by atomic mass is 14.2. The molecule has 0 atom stereocenters. The second kappa shape index (κ2) is 11.3. The Morgan fingerprint density at radius 2 is 0.771 bits per heavy atom. The first-order valence-electron chi connectivity index (χ1n) is 12.3. The van der Waals surface area contributed by atoms with Crippen LogP contribution in [0.25, 0.3) is 5.57 Å². The van der Waals surface area contributed by atoms with Crippen LogP contribution < -0.4 is 0 Å². The highest BCUT2D eigenvalue weighted by Gasteiger charge is 2.19. The molecule has 0 amide bonds. The molecule has 5 aromatic carbocycles. The maximum absolute atomic E-state index is 2.48. The van der Waals surface area contributed by atoms with Gasteiger partial charge in [0.1, 0.15) is 0 Å². The van der Waals surface area contributed by atoms with Gasteiger partial charge in [-0.1, -0.05) is 158 Å². The number of hydrogen-bond donors (Lipinski definition) is 0. The molecule has 0 bridgehead atoms. The zero-order valence-corrected chi connectivity index (χ0v) is 19.9. The molecule has 0 heterocycles. The second-order valence-corrected chi connectivity index (χ2v) is 8.94. The Morgan fingerprint density at radius 3 is 1.17 bits per heavy atom. The lowest BCUT2D eigenvalue weighted by Gasteiger charge is -2.23. The zero-order valence-electron chi connectivity index (χ0n) is 19.9. The minimum Gasteiger partial charge on any atom is -0.0688 e. The van der Waals surface area contributed by atoms with E-state index in [0.717, 1.165) is 6.42 Å². The molecule has 0 spiro atoms. The van der Waals surface area contributed by atoms with Crippen LogP contribution in [0.4, 0.5) is 0 Å². The molecule has 170 valence electrons. The van der Waals surface area contributed by atoms with Gasteiger partial charge in [-0.15, -0.1) is 0 Å². The van der Waals surface area contributed by atoms with Crippen LogP contribution in [0.2, 0.25) is 0 Å². The number of allylic oxidation sites excluding steroid dienone is 2. The van der Waals surface area contributed by atoms with Crippen molar-refractivity contribution in [2.45, 2.75) is 18.3 Å². The van der Waals surface area contributed by atoms with Crippen LogP contribution in [0.1, 0.15) is 46.1 Å². The fourth-order valence-corrected chi connectivity index (χ4v) is 4.86. The van der Waals surface area contributed by atoms with Gasteiger partial charge in [0.2, 0.25) is 0 Å². The van der Waals surface area contributed by atoms with Gasteiger partial charge in [-0.3, -0.25) is 0 Å². The van der Waals surface area contributed by atoms with Crippen molar-refractivity contribution in [2.24, 2.45) is 0 Å². The minimum atomic E-state index is 0.180. The van der Waals surface area contributed by atoms with Gasteiger partial charge < -0.3 is 0 Å². The Bertz CT molecular complexity index is 1240. The smallest absolute Gasteiger partial charge is 0.0275 e. The molecule has 0 aromatic heterocycles. The number of hydrogen-bond acceptors (Lipinski definition) is 0. The Kier molecular flexibility index (Phi) is 7.31. The van der Waals surface area contributed by atoms with Crippen LogP contribution in [0.15, 0.2) is 158 Å². The molecule has 35 heavy (non-hydrogen) atoms. The lowest BCUT2D eigenvalue weighted by Crippen LogP contribution is -2.05. The first kappa shape index (κ1) is 22.6. The molecule has 0 nitrogen and oxygen atoms in total. The van der Waals surface area contributed by atoms with E-state index in [1.165, 1.54) is 33.4 Å². The summed E-state index contributed by atoms with van der Waals surface area (Å²) in [4.78, 5) is 0. The normalized spacial score (nSPS) is 11.7. The van der Waals surface area contributed by atoms with E-state index in [0.29, 0.717) is 0 Å². The molecule has 5 aromatic rings. The molecule has 0 heteroatoms. The SMILES string of the molecule is C(=C(/CC(c1ccccc1)c1ccccc1)c1ccccc1)/C(c1ccccc1)c1ccccc1. The molecular weight excluding hydrogens is 420 g/mol. The molecule has 0 saturated carbocycles. The molecule has 0 saturated heterocycles. The summed E-state index contributed by atoms with van der Waals surface area (Å²) in [5.41, 5.74) is 7.95. The van der Waals surface area contributed by atoms with Gasteiger partial charge in [0.25, 0.3) is 0 Å². The minimum absolute atomic E-state index is 0.180. The van der Waals surface area contributed by atoms with Crippen molar-refractivity contribution >= 4 is 5.57 Å². The maximum Gasteiger partial charge on any atom is 0.0275 e. The summed E-state index contributed by atoms with van der Waals surface area (Å²) in [5.74, 6) is 0.454. The number of rotatable bonds is 8. The van der Waals surface area contributed by atoms with Crippen LogP contribution >= 0.6 is 0 Å². The van der Waals surface area contributed by atoms with Gasteiger partial charge >= 0.3 is 0 Å². The second-order valence-electron chi connectivity index (χ2n) is 8.94. The van der Waals surface area contributed by atoms with Gasteiger partial charge in [0.15, 0.2) is 0 Å². The van der Waals surface area contributed by atoms with E-state index in [1.807, 2.05) is 0 Å². The van der Waals surface area contributed by atoms with Gasteiger partial charge in [-0.2, -0.15) is 0 Å². The van der Waals surface area contributed by atoms with Crippen LogP contribution in [-0.2, 0) is 0 Å². The Morgan fingerprint density at radius 1 is 0.429 bits per heavy atom. The van der Waals surface area contributed by atoms with Crippen molar-refractivity contribution < 1.29 is 0 Å². The molecule has 0 unspecified atom stereocenters. The lowest BCUT2D eigenvalue weighted by molar-refractivity contribution is 0.836. The van der Waals surface area contributed by atoms with Gasteiger partial charge in [0.05, 0.1) is 0 Å². The molecule has 0 radical (unpaired) electrons. The van der Waals surface area contributed by atoms with Crippen molar-refractivity contribution in [2.75, 3.05) is 0 Å². The third-order valence-electron chi connectivity index (χ3n) is 6.66. The third-order valence-corrected chi connectivity index (χ3v) is 6.66. The van der Waals surface area contributed by atoms with E-state index < -0.39 is 0 Å². The summed E-state index contributed by atoms with van der Waals surface area (Å²) in [6.45, 7) is 0. The van der Waals surface area contributed by atoms with E-state index in [4.69, 9.17) is 0 Å². The molecule has 0 aliphatic rings. The monoisotopic (exact) mass is 450 g/mol. The average Bonchev–Trinajstić information content (AvgIpc) is 2.95.